The number of aliphatic hydroxyl groups is 1. The number of hydrogen-bond donors (Lipinski definition) is 1. The van der Waals surface area contributed by atoms with Gasteiger partial charge in [-0.05, 0) is 86.5 Å². The van der Waals surface area contributed by atoms with E-state index in [1.165, 1.54) is 31.3 Å². The van der Waals surface area contributed by atoms with E-state index in [1.54, 1.807) is 0 Å². The summed E-state index contributed by atoms with van der Waals surface area (Å²) in [5.41, 5.74) is 1.17. The highest BCUT2D eigenvalue weighted by Gasteiger charge is 2.61. The third kappa shape index (κ3) is 1.85. The SMILES string of the molecule is CC[C@]1(O)CC[C@@H]2[C@@H]3CCC4=CC(=O)CC[C@H]4[C@@H]3CC[C@@]21C. The second kappa shape index (κ2) is 4.93. The minimum absolute atomic E-state index is 0.134. The quantitative estimate of drug-likeness (QED) is 0.785. The fourth-order valence-corrected chi connectivity index (χ4v) is 6.87. The molecule has 4 aliphatic carbocycles. The van der Waals surface area contributed by atoms with Crippen molar-refractivity contribution in [2.75, 3.05) is 0 Å². The molecular weight excluding hydrogens is 272 g/mol. The third-order valence-electron chi connectivity index (χ3n) is 8.21. The van der Waals surface area contributed by atoms with E-state index in [4.69, 9.17) is 0 Å². The Morgan fingerprint density at radius 3 is 2.73 bits per heavy atom. The summed E-state index contributed by atoms with van der Waals surface area (Å²) in [5.74, 6) is 3.30. The van der Waals surface area contributed by atoms with Crippen molar-refractivity contribution >= 4 is 5.78 Å². The number of hydrogen-bond acceptors (Lipinski definition) is 2. The van der Waals surface area contributed by atoms with E-state index in [0.29, 0.717) is 17.6 Å². The summed E-state index contributed by atoms with van der Waals surface area (Å²) in [6, 6.07) is 0. The van der Waals surface area contributed by atoms with Crippen LogP contribution in [-0.4, -0.2) is 16.5 Å². The smallest absolute Gasteiger partial charge is 0.155 e. The molecule has 22 heavy (non-hydrogen) atoms. The number of carbonyl (C=O) groups is 1. The Morgan fingerprint density at radius 2 is 1.95 bits per heavy atom. The summed E-state index contributed by atoms with van der Waals surface area (Å²) in [6.07, 6.45) is 11.8. The van der Waals surface area contributed by atoms with Gasteiger partial charge in [-0.15, -0.1) is 0 Å². The van der Waals surface area contributed by atoms with Crippen molar-refractivity contribution in [3.8, 4) is 0 Å². The Morgan fingerprint density at radius 1 is 1.14 bits per heavy atom. The first-order chi connectivity index (χ1) is 10.5. The Bertz CT molecular complexity index is 522. The lowest BCUT2D eigenvalue weighted by molar-refractivity contribution is -0.122. The largest absolute Gasteiger partial charge is 0.389 e. The summed E-state index contributed by atoms with van der Waals surface area (Å²) in [7, 11) is 0. The molecule has 2 heteroatoms. The summed E-state index contributed by atoms with van der Waals surface area (Å²) < 4.78 is 0. The van der Waals surface area contributed by atoms with E-state index in [-0.39, 0.29) is 5.41 Å². The molecular formula is C20H30O2. The standard InChI is InChI=1S/C20H30O2/c1-3-20(22)11-9-18-17-6-4-13-12-14(21)5-7-15(13)16(17)8-10-19(18,20)2/h12,15-18,22H,3-11H2,1-2H3/t15-,16+,17-,18-,19+,20+/m1/s1. The van der Waals surface area contributed by atoms with Gasteiger partial charge in [0.2, 0.25) is 0 Å². The predicted molar refractivity (Wildman–Crippen MR) is 87.3 cm³/mol. The second-order valence-electron chi connectivity index (χ2n) is 8.68. The molecule has 1 N–H and O–H groups in total. The second-order valence-corrected chi connectivity index (χ2v) is 8.68. The average molecular weight is 302 g/mol. The van der Waals surface area contributed by atoms with Crippen LogP contribution >= 0.6 is 0 Å². The van der Waals surface area contributed by atoms with Crippen LogP contribution in [0.1, 0.15) is 71.6 Å². The molecule has 0 unspecified atom stereocenters. The fourth-order valence-electron chi connectivity index (χ4n) is 6.87. The van der Waals surface area contributed by atoms with E-state index in [0.717, 1.165) is 43.9 Å². The van der Waals surface area contributed by atoms with Crippen LogP contribution in [0, 0.1) is 29.1 Å². The van der Waals surface area contributed by atoms with Crippen molar-refractivity contribution in [3.63, 3.8) is 0 Å². The van der Waals surface area contributed by atoms with E-state index in [1.807, 2.05) is 6.08 Å². The predicted octanol–water partition coefficient (Wildman–Crippen LogP) is 4.27. The van der Waals surface area contributed by atoms with E-state index >= 15 is 0 Å². The summed E-state index contributed by atoms with van der Waals surface area (Å²) in [4.78, 5) is 11.7. The van der Waals surface area contributed by atoms with Gasteiger partial charge in [-0.25, -0.2) is 0 Å². The maximum Gasteiger partial charge on any atom is 0.155 e. The highest BCUT2D eigenvalue weighted by Crippen LogP contribution is 2.65. The summed E-state index contributed by atoms with van der Waals surface area (Å²) >= 11 is 0. The minimum atomic E-state index is -0.429. The average Bonchev–Trinajstić information content (AvgIpc) is 2.79. The number of fused-ring (bicyclic) bond motifs is 5. The summed E-state index contributed by atoms with van der Waals surface area (Å²) in [6.45, 7) is 4.54. The molecule has 0 aromatic carbocycles. The topological polar surface area (TPSA) is 37.3 Å². The van der Waals surface area contributed by atoms with Gasteiger partial charge in [-0.3, -0.25) is 4.79 Å². The maximum atomic E-state index is 11.7. The molecule has 0 aliphatic heterocycles. The summed E-state index contributed by atoms with van der Waals surface area (Å²) in [5, 5.41) is 11.2. The molecule has 0 heterocycles. The van der Waals surface area contributed by atoms with Crippen molar-refractivity contribution in [2.45, 2.75) is 77.2 Å². The van der Waals surface area contributed by atoms with Gasteiger partial charge < -0.3 is 5.11 Å². The van der Waals surface area contributed by atoms with Crippen LogP contribution in [-0.2, 0) is 4.79 Å². The molecule has 0 aromatic heterocycles. The molecule has 0 aromatic rings. The highest BCUT2D eigenvalue weighted by molar-refractivity contribution is 5.91. The molecule has 0 amide bonds. The number of ketones is 1. The van der Waals surface area contributed by atoms with Crippen molar-refractivity contribution in [2.24, 2.45) is 29.1 Å². The van der Waals surface area contributed by atoms with Gasteiger partial charge in [0.1, 0.15) is 0 Å². The van der Waals surface area contributed by atoms with Crippen LogP contribution in [0.15, 0.2) is 11.6 Å². The molecule has 6 atom stereocenters. The Balaban J connectivity index is 1.63. The van der Waals surface area contributed by atoms with Gasteiger partial charge in [0.25, 0.3) is 0 Å². The molecule has 4 aliphatic rings. The normalized spacial score (nSPS) is 50.9. The first-order valence-electron chi connectivity index (χ1n) is 9.44. The number of rotatable bonds is 1. The molecule has 3 saturated carbocycles. The van der Waals surface area contributed by atoms with E-state index < -0.39 is 5.60 Å². The zero-order valence-corrected chi connectivity index (χ0v) is 14.1. The third-order valence-corrected chi connectivity index (χ3v) is 8.21. The Hall–Kier alpha value is -0.630. The molecule has 3 fully saturated rings. The van der Waals surface area contributed by atoms with Crippen molar-refractivity contribution in [1.82, 2.24) is 0 Å². The Kier molecular flexibility index (Phi) is 3.35. The Labute approximate surface area is 134 Å². The van der Waals surface area contributed by atoms with Crippen LogP contribution < -0.4 is 0 Å². The lowest BCUT2D eigenvalue weighted by Gasteiger charge is -2.55. The zero-order valence-electron chi connectivity index (χ0n) is 14.1. The molecule has 0 saturated heterocycles. The van der Waals surface area contributed by atoms with Gasteiger partial charge in [0.15, 0.2) is 5.78 Å². The van der Waals surface area contributed by atoms with Crippen LogP contribution in [0.25, 0.3) is 0 Å². The monoisotopic (exact) mass is 302 g/mol. The lowest BCUT2D eigenvalue weighted by Crippen LogP contribution is -2.52. The van der Waals surface area contributed by atoms with Gasteiger partial charge in [-0.1, -0.05) is 19.4 Å². The molecule has 0 radical (unpaired) electrons. The molecule has 122 valence electrons. The number of allylic oxidation sites excluding steroid dienone is 1. The van der Waals surface area contributed by atoms with Gasteiger partial charge in [0, 0.05) is 6.42 Å². The first kappa shape index (κ1) is 14.9. The van der Waals surface area contributed by atoms with Crippen LogP contribution in [0.4, 0.5) is 0 Å². The van der Waals surface area contributed by atoms with Crippen LogP contribution in [0.2, 0.25) is 0 Å². The highest BCUT2D eigenvalue weighted by atomic mass is 16.3. The number of carbonyl (C=O) groups excluding carboxylic acids is 1. The van der Waals surface area contributed by atoms with Crippen LogP contribution in [0.5, 0.6) is 0 Å². The fraction of sp³-hybridized carbons (Fsp3) is 0.850. The molecule has 0 bridgehead atoms. The minimum Gasteiger partial charge on any atom is -0.389 e. The van der Waals surface area contributed by atoms with Crippen LogP contribution in [0.3, 0.4) is 0 Å². The van der Waals surface area contributed by atoms with Gasteiger partial charge in [0.05, 0.1) is 5.60 Å². The first-order valence-corrected chi connectivity index (χ1v) is 9.44. The van der Waals surface area contributed by atoms with E-state index in [9.17, 15) is 9.90 Å². The molecule has 2 nitrogen and oxygen atoms in total. The van der Waals surface area contributed by atoms with Crippen molar-refractivity contribution in [3.05, 3.63) is 11.6 Å². The van der Waals surface area contributed by atoms with E-state index in [2.05, 4.69) is 13.8 Å². The van der Waals surface area contributed by atoms with Gasteiger partial charge >= 0.3 is 0 Å². The molecule has 4 rings (SSSR count). The van der Waals surface area contributed by atoms with Crippen molar-refractivity contribution < 1.29 is 9.90 Å². The zero-order chi connectivity index (χ0) is 15.5. The lowest BCUT2D eigenvalue weighted by atomic mass is 9.50. The maximum absolute atomic E-state index is 11.7. The molecule has 0 spiro atoms. The van der Waals surface area contributed by atoms with Gasteiger partial charge in [-0.2, -0.15) is 0 Å². The van der Waals surface area contributed by atoms with Crippen molar-refractivity contribution in [1.29, 1.82) is 0 Å².